The van der Waals surface area contributed by atoms with Crippen molar-refractivity contribution in [3.05, 3.63) is 51.8 Å². The summed E-state index contributed by atoms with van der Waals surface area (Å²) in [5.41, 5.74) is 0.0333. The molecule has 2 saturated heterocycles. The lowest BCUT2D eigenvalue weighted by atomic mass is 9.78. The molecule has 2 fully saturated rings. The summed E-state index contributed by atoms with van der Waals surface area (Å²) in [5, 5.41) is 22.9. The Labute approximate surface area is 194 Å². The van der Waals surface area contributed by atoms with E-state index in [9.17, 15) is 28.2 Å². The zero-order chi connectivity index (χ0) is 24.0. The number of carbonyl (C=O) groups excluding carboxylic acids is 1. The molecule has 2 aliphatic rings. The van der Waals surface area contributed by atoms with Crippen molar-refractivity contribution < 1.29 is 28.2 Å². The van der Waals surface area contributed by atoms with E-state index in [2.05, 4.69) is 5.10 Å². The SMILES string of the molecule is Cc1cn(C(=O)N2CCC3(CCN(Cc4cc(Cl)ccc4C(F)(F)F)C3)CC2)nc1C(O)O. The molecule has 0 atom stereocenters. The van der Waals surface area contributed by atoms with E-state index in [4.69, 9.17) is 11.6 Å². The lowest BCUT2D eigenvalue weighted by molar-refractivity contribution is -0.138. The second-order valence-electron chi connectivity index (χ2n) is 9.05. The Hall–Kier alpha value is -2.14. The fourth-order valence-electron chi connectivity index (χ4n) is 4.93. The van der Waals surface area contributed by atoms with Crippen LogP contribution in [0.15, 0.2) is 24.4 Å². The molecule has 0 unspecified atom stereocenters. The maximum Gasteiger partial charge on any atom is 0.416 e. The number of rotatable bonds is 3. The monoisotopic (exact) mass is 486 g/mol. The van der Waals surface area contributed by atoms with E-state index in [0.29, 0.717) is 31.7 Å². The Balaban J connectivity index is 1.38. The van der Waals surface area contributed by atoms with Crippen LogP contribution in [-0.2, 0) is 12.7 Å². The zero-order valence-electron chi connectivity index (χ0n) is 18.1. The average molecular weight is 487 g/mol. The summed E-state index contributed by atoms with van der Waals surface area (Å²) in [7, 11) is 0. The van der Waals surface area contributed by atoms with Crippen LogP contribution in [0, 0.1) is 12.3 Å². The summed E-state index contributed by atoms with van der Waals surface area (Å²) < 4.78 is 41.3. The van der Waals surface area contributed by atoms with Crippen LogP contribution in [-0.4, -0.2) is 62.0 Å². The molecule has 0 bridgehead atoms. The van der Waals surface area contributed by atoms with E-state index in [-0.39, 0.29) is 34.3 Å². The number of benzene rings is 1. The van der Waals surface area contributed by atoms with Crippen molar-refractivity contribution in [3.63, 3.8) is 0 Å². The number of aromatic nitrogens is 2. The van der Waals surface area contributed by atoms with Crippen LogP contribution in [0.1, 0.15) is 47.9 Å². The summed E-state index contributed by atoms with van der Waals surface area (Å²) in [6.45, 7) is 4.20. The predicted octanol–water partition coefficient (Wildman–Crippen LogP) is 3.80. The number of aryl methyl sites for hydroxylation is 1. The van der Waals surface area contributed by atoms with E-state index in [1.54, 1.807) is 11.8 Å². The number of piperidine rings is 1. The van der Waals surface area contributed by atoms with Gasteiger partial charge in [0, 0.05) is 37.4 Å². The van der Waals surface area contributed by atoms with Gasteiger partial charge in [-0.1, -0.05) is 11.6 Å². The molecular formula is C22H26ClF3N4O3. The summed E-state index contributed by atoms with van der Waals surface area (Å²) in [5.74, 6) is 0. The van der Waals surface area contributed by atoms with Crippen LogP contribution in [0.5, 0.6) is 0 Å². The Kier molecular flexibility index (Phi) is 6.47. The van der Waals surface area contributed by atoms with E-state index in [1.165, 1.54) is 18.3 Å². The Morgan fingerprint density at radius 3 is 2.48 bits per heavy atom. The van der Waals surface area contributed by atoms with E-state index in [1.807, 2.05) is 4.90 Å². The van der Waals surface area contributed by atoms with Gasteiger partial charge in [-0.25, -0.2) is 4.79 Å². The number of carbonyl (C=O) groups is 1. The van der Waals surface area contributed by atoms with Crippen LogP contribution in [0.25, 0.3) is 0 Å². The molecule has 0 radical (unpaired) electrons. The van der Waals surface area contributed by atoms with Gasteiger partial charge >= 0.3 is 12.2 Å². The van der Waals surface area contributed by atoms with Crippen molar-refractivity contribution in [2.75, 3.05) is 26.2 Å². The Morgan fingerprint density at radius 1 is 1.21 bits per heavy atom. The first-order chi connectivity index (χ1) is 15.5. The number of hydrogen-bond donors (Lipinski definition) is 2. The average Bonchev–Trinajstić information content (AvgIpc) is 3.31. The lowest BCUT2D eigenvalue weighted by Gasteiger charge is -2.39. The van der Waals surface area contributed by atoms with Crippen LogP contribution in [0.2, 0.25) is 5.02 Å². The smallest absolute Gasteiger partial charge is 0.363 e. The van der Waals surface area contributed by atoms with Gasteiger partial charge in [-0.2, -0.15) is 23.0 Å². The number of likely N-dealkylation sites (tertiary alicyclic amines) is 2. The van der Waals surface area contributed by atoms with Crippen LogP contribution in [0.4, 0.5) is 18.0 Å². The second-order valence-corrected chi connectivity index (χ2v) is 9.48. The molecule has 1 aromatic carbocycles. The molecule has 33 heavy (non-hydrogen) atoms. The summed E-state index contributed by atoms with van der Waals surface area (Å²) in [4.78, 5) is 16.5. The van der Waals surface area contributed by atoms with Crippen LogP contribution in [0.3, 0.4) is 0 Å². The van der Waals surface area contributed by atoms with Crippen molar-refractivity contribution in [2.45, 2.75) is 45.2 Å². The molecule has 4 rings (SSSR count). The summed E-state index contributed by atoms with van der Waals surface area (Å²) >= 11 is 5.96. The molecule has 7 nitrogen and oxygen atoms in total. The number of hydrogen-bond acceptors (Lipinski definition) is 5. The number of alkyl halides is 3. The standard InChI is InChI=1S/C22H26ClF3N4O3/c1-14-11-30(27-18(14)19(31)32)20(33)29-8-5-21(6-9-29)4-7-28(13-21)12-15-10-16(23)2-3-17(15)22(24,25)26/h2-3,10-11,19,31-32H,4-9,12-13H2,1H3. The quantitative estimate of drug-likeness (QED) is 0.645. The van der Waals surface area contributed by atoms with Gasteiger partial charge in [0.1, 0.15) is 5.69 Å². The minimum atomic E-state index is -4.43. The molecule has 3 heterocycles. The molecule has 1 spiro atoms. The van der Waals surface area contributed by atoms with Gasteiger partial charge in [-0.05, 0) is 67.5 Å². The fourth-order valence-corrected chi connectivity index (χ4v) is 5.12. The highest BCUT2D eigenvalue weighted by molar-refractivity contribution is 6.30. The molecule has 2 aromatic rings. The van der Waals surface area contributed by atoms with Gasteiger partial charge in [-0.3, -0.25) is 4.90 Å². The van der Waals surface area contributed by atoms with Crippen molar-refractivity contribution in [1.82, 2.24) is 19.6 Å². The van der Waals surface area contributed by atoms with Gasteiger partial charge < -0.3 is 15.1 Å². The van der Waals surface area contributed by atoms with Crippen LogP contribution < -0.4 is 0 Å². The first kappa shape index (κ1) is 24.0. The molecule has 180 valence electrons. The van der Waals surface area contributed by atoms with E-state index in [0.717, 1.165) is 30.0 Å². The summed E-state index contributed by atoms with van der Waals surface area (Å²) in [6.07, 6.45) is -2.36. The molecule has 1 aromatic heterocycles. The summed E-state index contributed by atoms with van der Waals surface area (Å²) in [6, 6.07) is 3.35. The highest BCUT2D eigenvalue weighted by Gasteiger charge is 2.42. The number of aliphatic hydroxyl groups excluding tert-OH is 1. The van der Waals surface area contributed by atoms with Gasteiger partial charge in [0.05, 0.1) is 5.56 Å². The first-order valence-electron chi connectivity index (χ1n) is 10.8. The number of nitrogens with zero attached hydrogens (tertiary/aromatic N) is 4. The van der Waals surface area contributed by atoms with Crippen molar-refractivity contribution in [2.24, 2.45) is 5.41 Å². The zero-order valence-corrected chi connectivity index (χ0v) is 18.9. The number of halogens is 4. The van der Waals surface area contributed by atoms with Crippen molar-refractivity contribution in [3.8, 4) is 0 Å². The van der Waals surface area contributed by atoms with Gasteiger partial charge in [-0.15, -0.1) is 0 Å². The second kappa shape index (κ2) is 8.90. The van der Waals surface area contributed by atoms with Crippen molar-refractivity contribution in [1.29, 1.82) is 0 Å². The van der Waals surface area contributed by atoms with E-state index < -0.39 is 18.0 Å². The van der Waals surface area contributed by atoms with Gasteiger partial charge in [0.2, 0.25) is 0 Å². The molecule has 0 aliphatic carbocycles. The number of amides is 1. The Bertz CT molecular complexity index is 1030. The molecule has 0 saturated carbocycles. The minimum Gasteiger partial charge on any atom is -0.363 e. The molecule has 2 N–H and O–H groups in total. The third-order valence-electron chi connectivity index (χ3n) is 6.75. The van der Waals surface area contributed by atoms with Crippen LogP contribution >= 0.6 is 11.6 Å². The Morgan fingerprint density at radius 2 is 1.88 bits per heavy atom. The largest absolute Gasteiger partial charge is 0.416 e. The molecular weight excluding hydrogens is 461 g/mol. The molecule has 11 heteroatoms. The maximum absolute atomic E-state index is 13.4. The van der Waals surface area contributed by atoms with Crippen molar-refractivity contribution >= 4 is 17.6 Å². The van der Waals surface area contributed by atoms with E-state index >= 15 is 0 Å². The number of aliphatic hydroxyl groups is 2. The first-order valence-corrected chi connectivity index (χ1v) is 11.1. The maximum atomic E-state index is 13.4. The van der Waals surface area contributed by atoms with Gasteiger partial charge in [0.15, 0.2) is 6.29 Å². The van der Waals surface area contributed by atoms with Gasteiger partial charge in [0.25, 0.3) is 0 Å². The lowest BCUT2D eigenvalue weighted by Crippen LogP contribution is -2.45. The predicted molar refractivity (Wildman–Crippen MR) is 115 cm³/mol. The molecule has 2 aliphatic heterocycles. The minimum absolute atomic E-state index is 0.0414. The topological polar surface area (TPSA) is 81.8 Å². The fraction of sp³-hybridized carbons (Fsp3) is 0.545. The highest BCUT2D eigenvalue weighted by atomic mass is 35.5. The molecule has 1 amide bonds. The highest BCUT2D eigenvalue weighted by Crippen LogP contribution is 2.42. The normalized spacial score (nSPS) is 19.1. The third kappa shape index (κ3) is 5.03. The third-order valence-corrected chi connectivity index (χ3v) is 6.99.